The summed E-state index contributed by atoms with van der Waals surface area (Å²) in [5, 5.41) is 9.31. The maximum atomic E-state index is 11.4. The molecule has 0 aliphatic heterocycles. The van der Waals surface area contributed by atoms with E-state index in [1.54, 1.807) is 6.92 Å². The van der Waals surface area contributed by atoms with Crippen molar-refractivity contribution in [3.8, 4) is 0 Å². The summed E-state index contributed by atoms with van der Waals surface area (Å²) in [6.07, 6.45) is 4.44. The fraction of sp³-hybridized carbons (Fsp3) is 0.692. The zero-order valence-electron chi connectivity index (χ0n) is 10.7. The highest BCUT2D eigenvalue weighted by atomic mass is 16.4. The lowest BCUT2D eigenvalue weighted by atomic mass is 9.79. The van der Waals surface area contributed by atoms with Gasteiger partial charge in [-0.15, -0.1) is 0 Å². The Labute approximate surface area is 102 Å². The van der Waals surface area contributed by atoms with Crippen molar-refractivity contribution in [3.05, 3.63) is 11.6 Å². The van der Waals surface area contributed by atoms with Gasteiger partial charge in [0.15, 0.2) is 0 Å². The summed E-state index contributed by atoms with van der Waals surface area (Å²) >= 11 is 0. The van der Waals surface area contributed by atoms with Gasteiger partial charge in [0.05, 0.1) is 0 Å². The van der Waals surface area contributed by atoms with E-state index in [9.17, 15) is 14.7 Å². The SMILES string of the molecule is CCN(C=O)C(C(=O)O)C1CC(C)=CC(C)C1. The number of carboxylic acids is 1. The Morgan fingerprint density at radius 1 is 1.71 bits per heavy atom. The molecule has 4 heteroatoms. The van der Waals surface area contributed by atoms with Crippen LogP contribution in [0.4, 0.5) is 0 Å². The minimum atomic E-state index is -0.897. The van der Waals surface area contributed by atoms with E-state index in [1.165, 1.54) is 10.5 Å². The molecule has 4 nitrogen and oxygen atoms in total. The van der Waals surface area contributed by atoms with Crippen molar-refractivity contribution in [2.75, 3.05) is 6.54 Å². The molecule has 0 saturated heterocycles. The molecule has 1 aliphatic carbocycles. The summed E-state index contributed by atoms with van der Waals surface area (Å²) in [4.78, 5) is 23.7. The van der Waals surface area contributed by atoms with Crippen LogP contribution in [0.3, 0.4) is 0 Å². The third-order valence-electron chi connectivity index (χ3n) is 3.39. The van der Waals surface area contributed by atoms with Crippen LogP contribution in [0.5, 0.6) is 0 Å². The van der Waals surface area contributed by atoms with E-state index in [2.05, 4.69) is 13.0 Å². The van der Waals surface area contributed by atoms with Crippen molar-refractivity contribution in [2.24, 2.45) is 11.8 Å². The smallest absolute Gasteiger partial charge is 0.326 e. The number of hydrogen-bond donors (Lipinski definition) is 1. The monoisotopic (exact) mass is 239 g/mol. The van der Waals surface area contributed by atoms with E-state index in [0.717, 1.165) is 12.8 Å². The largest absolute Gasteiger partial charge is 0.480 e. The molecule has 3 atom stereocenters. The molecule has 0 aromatic carbocycles. The van der Waals surface area contributed by atoms with E-state index >= 15 is 0 Å². The van der Waals surface area contributed by atoms with Gasteiger partial charge in [-0.1, -0.05) is 18.6 Å². The lowest BCUT2D eigenvalue weighted by Crippen LogP contribution is -2.46. The zero-order valence-corrected chi connectivity index (χ0v) is 10.7. The molecule has 0 heterocycles. The standard InChI is InChI=1S/C13H21NO3/c1-4-14(8-15)12(13(16)17)11-6-9(2)5-10(3)7-11/h5,8-9,11-12H,4,6-7H2,1-3H3,(H,16,17). The van der Waals surface area contributed by atoms with Crippen molar-refractivity contribution < 1.29 is 14.7 Å². The molecule has 3 unspecified atom stereocenters. The van der Waals surface area contributed by atoms with Crippen LogP contribution >= 0.6 is 0 Å². The summed E-state index contributed by atoms with van der Waals surface area (Å²) in [5.74, 6) is -0.482. The van der Waals surface area contributed by atoms with Crippen LogP contribution < -0.4 is 0 Å². The summed E-state index contributed by atoms with van der Waals surface area (Å²) in [6.45, 7) is 6.36. The molecule has 1 amide bonds. The fourth-order valence-electron chi connectivity index (χ4n) is 2.79. The van der Waals surface area contributed by atoms with Crippen LogP contribution in [0.1, 0.15) is 33.6 Å². The first-order chi connectivity index (χ1) is 7.99. The zero-order chi connectivity index (χ0) is 13.0. The third-order valence-corrected chi connectivity index (χ3v) is 3.39. The van der Waals surface area contributed by atoms with Gasteiger partial charge in [-0.3, -0.25) is 4.79 Å². The van der Waals surface area contributed by atoms with Crippen LogP contribution in [0.2, 0.25) is 0 Å². The van der Waals surface area contributed by atoms with E-state index in [1.807, 2.05) is 6.92 Å². The number of allylic oxidation sites excluding steroid dienone is 2. The molecule has 17 heavy (non-hydrogen) atoms. The lowest BCUT2D eigenvalue weighted by Gasteiger charge is -2.34. The topological polar surface area (TPSA) is 57.6 Å². The van der Waals surface area contributed by atoms with Crippen LogP contribution in [-0.4, -0.2) is 35.0 Å². The first kappa shape index (κ1) is 13.7. The van der Waals surface area contributed by atoms with Crippen molar-refractivity contribution in [2.45, 2.75) is 39.7 Å². The Balaban J connectivity index is 2.88. The van der Waals surface area contributed by atoms with E-state index in [0.29, 0.717) is 18.9 Å². The molecule has 96 valence electrons. The number of carbonyl (C=O) groups is 2. The van der Waals surface area contributed by atoms with Crippen molar-refractivity contribution >= 4 is 12.4 Å². The molecule has 0 aromatic heterocycles. The van der Waals surface area contributed by atoms with Gasteiger partial charge in [-0.2, -0.15) is 0 Å². The third kappa shape index (κ3) is 3.32. The van der Waals surface area contributed by atoms with Gasteiger partial charge in [0.1, 0.15) is 6.04 Å². The lowest BCUT2D eigenvalue weighted by molar-refractivity contribution is -0.149. The number of nitrogens with zero attached hydrogens (tertiary/aromatic N) is 1. The summed E-state index contributed by atoms with van der Waals surface area (Å²) < 4.78 is 0. The second-order valence-electron chi connectivity index (χ2n) is 4.91. The maximum Gasteiger partial charge on any atom is 0.326 e. The molecule has 0 spiro atoms. The minimum Gasteiger partial charge on any atom is -0.480 e. The summed E-state index contributed by atoms with van der Waals surface area (Å²) in [7, 11) is 0. The van der Waals surface area contributed by atoms with Crippen molar-refractivity contribution in [1.29, 1.82) is 0 Å². The quantitative estimate of drug-likeness (QED) is 0.589. The number of likely N-dealkylation sites (N-methyl/N-ethyl adjacent to an activating group) is 1. The molecule has 0 bridgehead atoms. The Morgan fingerprint density at radius 3 is 2.76 bits per heavy atom. The van der Waals surface area contributed by atoms with Gasteiger partial charge >= 0.3 is 5.97 Å². The molecule has 0 aromatic rings. The highest BCUT2D eigenvalue weighted by molar-refractivity contribution is 5.76. The van der Waals surface area contributed by atoms with E-state index < -0.39 is 12.0 Å². The van der Waals surface area contributed by atoms with E-state index in [4.69, 9.17) is 0 Å². The van der Waals surface area contributed by atoms with Gasteiger partial charge in [-0.25, -0.2) is 4.79 Å². The highest BCUT2D eigenvalue weighted by Gasteiger charge is 2.34. The first-order valence-electron chi connectivity index (χ1n) is 6.10. The van der Waals surface area contributed by atoms with Crippen molar-refractivity contribution in [3.63, 3.8) is 0 Å². The average Bonchev–Trinajstić information content (AvgIpc) is 2.23. The Morgan fingerprint density at radius 2 is 2.35 bits per heavy atom. The number of rotatable bonds is 5. The average molecular weight is 239 g/mol. The molecule has 0 saturated carbocycles. The molecule has 0 radical (unpaired) electrons. The number of carboxylic acid groups (broad SMARTS) is 1. The minimum absolute atomic E-state index is 0.0256. The van der Waals surface area contributed by atoms with Crippen LogP contribution in [-0.2, 0) is 9.59 Å². The normalized spacial score (nSPS) is 25.9. The van der Waals surface area contributed by atoms with Crippen molar-refractivity contribution in [1.82, 2.24) is 4.90 Å². The summed E-state index contributed by atoms with van der Waals surface area (Å²) in [6, 6.07) is -0.691. The highest BCUT2D eigenvalue weighted by Crippen LogP contribution is 2.32. The van der Waals surface area contributed by atoms with Gasteiger partial charge in [0, 0.05) is 6.54 Å². The molecule has 1 rings (SSSR count). The Kier molecular flexibility index (Phi) is 4.73. The van der Waals surface area contributed by atoms with Crippen LogP contribution in [0.25, 0.3) is 0 Å². The number of carbonyl (C=O) groups excluding carboxylic acids is 1. The summed E-state index contributed by atoms with van der Waals surface area (Å²) in [5.41, 5.74) is 1.22. The molecule has 1 aliphatic rings. The van der Waals surface area contributed by atoms with Gasteiger partial charge in [0.25, 0.3) is 0 Å². The van der Waals surface area contributed by atoms with E-state index in [-0.39, 0.29) is 5.92 Å². The number of amides is 1. The first-order valence-corrected chi connectivity index (χ1v) is 6.10. The van der Waals surface area contributed by atoms with Crippen LogP contribution in [0, 0.1) is 11.8 Å². The molecular formula is C13H21NO3. The fourth-order valence-corrected chi connectivity index (χ4v) is 2.79. The molecular weight excluding hydrogens is 218 g/mol. The second kappa shape index (κ2) is 5.84. The molecule has 0 fully saturated rings. The van der Waals surface area contributed by atoms with Gasteiger partial charge < -0.3 is 10.0 Å². The maximum absolute atomic E-state index is 11.4. The number of aliphatic carboxylic acids is 1. The predicted octanol–water partition coefficient (Wildman–Crippen LogP) is 1.91. The Bertz CT molecular complexity index is 325. The Hall–Kier alpha value is -1.32. The number of hydrogen-bond acceptors (Lipinski definition) is 2. The predicted molar refractivity (Wildman–Crippen MR) is 65.5 cm³/mol. The van der Waals surface area contributed by atoms with Gasteiger partial charge in [0.2, 0.25) is 6.41 Å². The molecule has 1 N–H and O–H groups in total. The van der Waals surface area contributed by atoms with Crippen LogP contribution in [0.15, 0.2) is 11.6 Å². The van der Waals surface area contributed by atoms with Gasteiger partial charge in [-0.05, 0) is 38.5 Å². The second-order valence-corrected chi connectivity index (χ2v) is 4.91.